The highest BCUT2D eigenvalue weighted by atomic mass is 16.6. The maximum Gasteiger partial charge on any atom is 0.411 e. The Hall–Kier alpha value is -1.26. The van der Waals surface area contributed by atoms with Gasteiger partial charge >= 0.3 is 12.1 Å². The SMILES string of the molecule is CCC1(C)CC(C(=O)O)N(C(=O)OC(C)(C)C)C1. The molecule has 0 aromatic rings. The Morgan fingerprint density at radius 3 is 2.39 bits per heavy atom. The van der Waals surface area contributed by atoms with Crippen LogP contribution in [0.15, 0.2) is 0 Å². The molecule has 1 aliphatic heterocycles. The lowest BCUT2D eigenvalue weighted by atomic mass is 9.85. The van der Waals surface area contributed by atoms with Gasteiger partial charge in [0.05, 0.1) is 0 Å². The van der Waals surface area contributed by atoms with E-state index in [9.17, 15) is 14.7 Å². The number of carbonyl (C=O) groups is 2. The maximum absolute atomic E-state index is 12.0. The lowest BCUT2D eigenvalue weighted by Gasteiger charge is -2.27. The first kappa shape index (κ1) is 14.8. The molecule has 1 heterocycles. The zero-order valence-electron chi connectivity index (χ0n) is 11.8. The van der Waals surface area contributed by atoms with Crippen LogP contribution in [0.1, 0.15) is 47.5 Å². The average Bonchev–Trinajstić information content (AvgIpc) is 2.55. The third kappa shape index (κ3) is 3.37. The minimum atomic E-state index is -0.960. The quantitative estimate of drug-likeness (QED) is 0.825. The van der Waals surface area contributed by atoms with Gasteiger partial charge in [0.1, 0.15) is 11.6 Å². The molecule has 1 rings (SSSR count). The van der Waals surface area contributed by atoms with E-state index >= 15 is 0 Å². The van der Waals surface area contributed by atoms with Crippen LogP contribution in [0, 0.1) is 5.41 Å². The van der Waals surface area contributed by atoms with Crippen LogP contribution in [0.2, 0.25) is 0 Å². The van der Waals surface area contributed by atoms with Gasteiger partial charge in [0.25, 0.3) is 0 Å². The minimum Gasteiger partial charge on any atom is -0.480 e. The molecular formula is C13H23NO4. The summed E-state index contributed by atoms with van der Waals surface area (Å²) in [5.74, 6) is -0.960. The topological polar surface area (TPSA) is 66.8 Å². The predicted octanol–water partition coefficient (Wildman–Crippen LogP) is 2.50. The molecule has 0 aromatic carbocycles. The Morgan fingerprint density at radius 2 is 2.00 bits per heavy atom. The molecule has 0 aromatic heterocycles. The smallest absolute Gasteiger partial charge is 0.411 e. The molecule has 5 heteroatoms. The van der Waals surface area contributed by atoms with E-state index in [1.807, 2.05) is 13.8 Å². The Balaban J connectivity index is 2.85. The van der Waals surface area contributed by atoms with Gasteiger partial charge in [0, 0.05) is 6.54 Å². The standard InChI is InChI=1S/C13H23NO4/c1-6-13(5)7-9(10(15)16)14(8-13)11(17)18-12(2,3)4/h9H,6-8H2,1-5H3,(H,15,16). The molecular weight excluding hydrogens is 234 g/mol. The van der Waals surface area contributed by atoms with Crippen molar-refractivity contribution < 1.29 is 19.4 Å². The predicted molar refractivity (Wildman–Crippen MR) is 67.4 cm³/mol. The van der Waals surface area contributed by atoms with Crippen LogP contribution in [0.4, 0.5) is 4.79 Å². The van der Waals surface area contributed by atoms with Crippen LogP contribution in [0.5, 0.6) is 0 Å². The van der Waals surface area contributed by atoms with Gasteiger partial charge in [-0.05, 0) is 39.0 Å². The molecule has 0 radical (unpaired) electrons. The summed E-state index contributed by atoms with van der Waals surface area (Å²) in [7, 11) is 0. The van der Waals surface area contributed by atoms with Crippen molar-refractivity contribution in [3.8, 4) is 0 Å². The zero-order valence-corrected chi connectivity index (χ0v) is 11.8. The fraction of sp³-hybridized carbons (Fsp3) is 0.846. The Labute approximate surface area is 108 Å². The van der Waals surface area contributed by atoms with Crippen LogP contribution >= 0.6 is 0 Å². The second kappa shape index (κ2) is 4.78. The molecule has 1 N–H and O–H groups in total. The van der Waals surface area contributed by atoms with E-state index < -0.39 is 23.7 Å². The summed E-state index contributed by atoms with van der Waals surface area (Å²) in [6.07, 6.45) is 0.792. The molecule has 18 heavy (non-hydrogen) atoms. The summed E-state index contributed by atoms with van der Waals surface area (Å²) in [5.41, 5.74) is -0.745. The van der Waals surface area contributed by atoms with E-state index in [0.29, 0.717) is 13.0 Å². The van der Waals surface area contributed by atoms with Crippen molar-refractivity contribution in [2.45, 2.75) is 59.1 Å². The van der Waals surface area contributed by atoms with Gasteiger partial charge in [-0.3, -0.25) is 4.90 Å². The van der Waals surface area contributed by atoms with Gasteiger partial charge in [0.2, 0.25) is 0 Å². The van der Waals surface area contributed by atoms with E-state index in [2.05, 4.69) is 0 Å². The molecule has 1 saturated heterocycles. The number of carboxylic acid groups (broad SMARTS) is 1. The molecule has 0 bridgehead atoms. The molecule has 1 amide bonds. The lowest BCUT2D eigenvalue weighted by molar-refractivity contribution is -0.142. The Bertz CT molecular complexity index is 347. The van der Waals surface area contributed by atoms with E-state index in [1.165, 1.54) is 4.90 Å². The zero-order chi connectivity index (χ0) is 14.1. The molecule has 1 aliphatic rings. The van der Waals surface area contributed by atoms with Crippen molar-refractivity contribution in [1.82, 2.24) is 4.90 Å². The molecule has 1 fully saturated rings. The van der Waals surface area contributed by atoms with Gasteiger partial charge in [-0.25, -0.2) is 9.59 Å². The highest BCUT2D eigenvalue weighted by Gasteiger charge is 2.46. The fourth-order valence-electron chi connectivity index (χ4n) is 2.15. The minimum absolute atomic E-state index is 0.139. The van der Waals surface area contributed by atoms with Crippen LogP contribution in [-0.2, 0) is 9.53 Å². The second-order valence-electron chi connectivity index (χ2n) is 6.33. The number of amides is 1. The third-order valence-corrected chi connectivity index (χ3v) is 3.38. The maximum atomic E-state index is 12.0. The number of nitrogens with zero attached hydrogens (tertiary/aromatic N) is 1. The number of carboxylic acids is 1. The van der Waals surface area contributed by atoms with Gasteiger partial charge in [0.15, 0.2) is 0 Å². The first-order chi connectivity index (χ1) is 8.08. The molecule has 2 unspecified atom stereocenters. The lowest BCUT2D eigenvalue weighted by Crippen LogP contribution is -2.43. The molecule has 0 aliphatic carbocycles. The number of aliphatic carboxylic acids is 1. The molecule has 5 nitrogen and oxygen atoms in total. The molecule has 0 spiro atoms. The Kier molecular flexibility index (Phi) is 3.93. The van der Waals surface area contributed by atoms with E-state index in [1.54, 1.807) is 20.8 Å². The number of likely N-dealkylation sites (tertiary alicyclic amines) is 1. The van der Waals surface area contributed by atoms with Gasteiger partial charge < -0.3 is 9.84 Å². The first-order valence-corrected chi connectivity index (χ1v) is 6.30. The summed E-state index contributed by atoms with van der Waals surface area (Å²) < 4.78 is 5.26. The molecule has 104 valence electrons. The van der Waals surface area contributed by atoms with Crippen molar-refractivity contribution in [2.75, 3.05) is 6.54 Å². The van der Waals surface area contributed by atoms with Crippen LogP contribution in [-0.4, -0.2) is 40.3 Å². The highest BCUT2D eigenvalue weighted by molar-refractivity contribution is 5.81. The van der Waals surface area contributed by atoms with Crippen molar-refractivity contribution in [3.63, 3.8) is 0 Å². The first-order valence-electron chi connectivity index (χ1n) is 6.30. The summed E-state index contributed by atoms with van der Waals surface area (Å²) in [5, 5.41) is 9.21. The summed E-state index contributed by atoms with van der Waals surface area (Å²) in [4.78, 5) is 24.6. The summed E-state index contributed by atoms with van der Waals surface area (Å²) in [6, 6.07) is -0.773. The largest absolute Gasteiger partial charge is 0.480 e. The average molecular weight is 257 g/mol. The monoisotopic (exact) mass is 257 g/mol. The van der Waals surface area contributed by atoms with Crippen LogP contribution in [0.25, 0.3) is 0 Å². The van der Waals surface area contributed by atoms with Crippen LogP contribution < -0.4 is 0 Å². The number of hydrogen-bond donors (Lipinski definition) is 1. The van der Waals surface area contributed by atoms with E-state index in [0.717, 1.165) is 6.42 Å². The van der Waals surface area contributed by atoms with Crippen molar-refractivity contribution in [3.05, 3.63) is 0 Å². The molecule has 0 saturated carbocycles. The number of hydrogen-bond acceptors (Lipinski definition) is 3. The number of carbonyl (C=O) groups excluding carboxylic acids is 1. The van der Waals surface area contributed by atoms with Gasteiger partial charge in [-0.1, -0.05) is 13.8 Å². The molecule has 2 atom stereocenters. The normalized spacial score (nSPS) is 28.3. The number of ether oxygens (including phenoxy) is 1. The van der Waals surface area contributed by atoms with Crippen molar-refractivity contribution >= 4 is 12.1 Å². The van der Waals surface area contributed by atoms with E-state index in [4.69, 9.17) is 4.74 Å². The van der Waals surface area contributed by atoms with Crippen molar-refractivity contribution in [1.29, 1.82) is 0 Å². The van der Waals surface area contributed by atoms with Gasteiger partial charge in [-0.2, -0.15) is 0 Å². The van der Waals surface area contributed by atoms with Crippen LogP contribution in [0.3, 0.4) is 0 Å². The third-order valence-electron chi connectivity index (χ3n) is 3.38. The fourth-order valence-corrected chi connectivity index (χ4v) is 2.15. The van der Waals surface area contributed by atoms with E-state index in [-0.39, 0.29) is 5.41 Å². The summed E-state index contributed by atoms with van der Waals surface area (Å²) >= 11 is 0. The van der Waals surface area contributed by atoms with Gasteiger partial charge in [-0.15, -0.1) is 0 Å². The highest BCUT2D eigenvalue weighted by Crippen LogP contribution is 2.38. The summed E-state index contributed by atoms with van der Waals surface area (Å²) in [6.45, 7) is 9.78. The van der Waals surface area contributed by atoms with Crippen molar-refractivity contribution in [2.24, 2.45) is 5.41 Å². The second-order valence-corrected chi connectivity index (χ2v) is 6.33. The number of rotatable bonds is 2. The Morgan fingerprint density at radius 1 is 1.44 bits per heavy atom.